The van der Waals surface area contributed by atoms with Crippen molar-refractivity contribution in [3.8, 4) is 11.5 Å². The molecule has 0 radical (unpaired) electrons. The van der Waals surface area contributed by atoms with Crippen LogP contribution in [0.5, 0.6) is 11.5 Å². The van der Waals surface area contributed by atoms with Gasteiger partial charge in [-0.25, -0.2) is 4.39 Å². The van der Waals surface area contributed by atoms with E-state index in [0.29, 0.717) is 6.54 Å². The van der Waals surface area contributed by atoms with Crippen molar-refractivity contribution in [1.82, 2.24) is 10.3 Å². The van der Waals surface area contributed by atoms with E-state index in [4.69, 9.17) is 4.74 Å². The lowest BCUT2D eigenvalue weighted by molar-refractivity contribution is 0.405. The number of halogens is 1. The van der Waals surface area contributed by atoms with Gasteiger partial charge in [0.05, 0.1) is 7.11 Å². The van der Waals surface area contributed by atoms with Crippen molar-refractivity contribution < 1.29 is 14.2 Å². The average Bonchev–Trinajstić information content (AvgIpc) is 2.47. The number of pyridine rings is 1. The Labute approximate surface area is 117 Å². The molecule has 0 amide bonds. The van der Waals surface area contributed by atoms with E-state index < -0.39 is 5.82 Å². The number of nitrogens with one attached hydrogen (secondary N) is 1. The Morgan fingerprint density at radius 2 is 2.20 bits per heavy atom. The average molecular weight is 276 g/mol. The Kier molecular flexibility index (Phi) is 4.53. The first-order valence-electron chi connectivity index (χ1n) is 6.30. The molecule has 0 aliphatic carbocycles. The molecule has 0 aliphatic rings. The van der Waals surface area contributed by atoms with E-state index in [9.17, 15) is 9.50 Å². The van der Waals surface area contributed by atoms with Gasteiger partial charge in [-0.1, -0.05) is 6.07 Å². The Morgan fingerprint density at radius 3 is 2.90 bits per heavy atom. The van der Waals surface area contributed by atoms with Crippen LogP contribution in [0.1, 0.15) is 24.1 Å². The van der Waals surface area contributed by atoms with Gasteiger partial charge in [-0.2, -0.15) is 0 Å². The van der Waals surface area contributed by atoms with Gasteiger partial charge in [0.1, 0.15) is 5.75 Å². The summed E-state index contributed by atoms with van der Waals surface area (Å²) in [5, 5.41) is 12.7. The van der Waals surface area contributed by atoms with Crippen molar-refractivity contribution in [2.75, 3.05) is 7.11 Å². The minimum atomic E-state index is -0.616. The zero-order valence-electron chi connectivity index (χ0n) is 11.4. The highest BCUT2D eigenvalue weighted by atomic mass is 19.1. The first-order chi connectivity index (χ1) is 9.61. The fraction of sp³-hybridized carbons (Fsp3) is 0.267. The molecular weight excluding hydrogens is 259 g/mol. The Morgan fingerprint density at radius 1 is 1.40 bits per heavy atom. The quantitative estimate of drug-likeness (QED) is 0.881. The van der Waals surface area contributed by atoms with Crippen molar-refractivity contribution in [2.24, 2.45) is 0 Å². The molecule has 2 rings (SSSR count). The first-order valence-corrected chi connectivity index (χ1v) is 6.30. The second-order valence-electron chi connectivity index (χ2n) is 4.50. The fourth-order valence-electron chi connectivity index (χ4n) is 1.93. The monoisotopic (exact) mass is 276 g/mol. The van der Waals surface area contributed by atoms with Crippen LogP contribution < -0.4 is 10.1 Å². The second-order valence-corrected chi connectivity index (χ2v) is 4.50. The van der Waals surface area contributed by atoms with Gasteiger partial charge >= 0.3 is 0 Å². The van der Waals surface area contributed by atoms with Crippen LogP contribution in [0.3, 0.4) is 0 Å². The SMILES string of the molecule is COc1ccncc1CNC(C)c1ccc(F)c(O)c1. The fourth-order valence-corrected chi connectivity index (χ4v) is 1.93. The third-order valence-electron chi connectivity index (χ3n) is 3.15. The molecular formula is C15H17FN2O2. The van der Waals surface area contributed by atoms with Gasteiger partial charge in [0, 0.05) is 30.5 Å². The number of phenolic OH excluding ortho intramolecular Hbond substituents is 1. The molecule has 1 aromatic heterocycles. The number of nitrogens with zero attached hydrogens (tertiary/aromatic N) is 1. The number of rotatable bonds is 5. The Hall–Kier alpha value is -2.14. The maximum absolute atomic E-state index is 13.0. The minimum absolute atomic E-state index is 0.0357. The van der Waals surface area contributed by atoms with Gasteiger partial charge in [0.2, 0.25) is 0 Å². The third-order valence-corrected chi connectivity index (χ3v) is 3.15. The number of hydrogen-bond acceptors (Lipinski definition) is 4. The van der Waals surface area contributed by atoms with E-state index in [1.54, 1.807) is 31.6 Å². The first kappa shape index (κ1) is 14.3. The molecule has 0 saturated heterocycles. The lowest BCUT2D eigenvalue weighted by atomic mass is 10.1. The predicted molar refractivity (Wildman–Crippen MR) is 74.1 cm³/mol. The van der Waals surface area contributed by atoms with E-state index >= 15 is 0 Å². The smallest absolute Gasteiger partial charge is 0.164 e. The zero-order valence-corrected chi connectivity index (χ0v) is 11.4. The lowest BCUT2D eigenvalue weighted by Crippen LogP contribution is -2.18. The van der Waals surface area contributed by atoms with Crippen molar-refractivity contribution in [3.63, 3.8) is 0 Å². The minimum Gasteiger partial charge on any atom is -0.505 e. The molecule has 1 unspecified atom stereocenters. The number of phenols is 1. The van der Waals surface area contributed by atoms with Crippen LogP contribution in [-0.2, 0) is 6.54 Å². The molecule has 0 saturated carbocycles. The molecule has 0 spiro atoms. The Balaban J connectivity index is 2.04. The van der Waals surface area contributed by atoms with Crippen LogP contribution >= 0.6 is 0 Å². The van der Waals surface area contributed by atoms with Gasteiger partial charge < -0.3 is 15.2 Å². The molecule has 5 heteroatoms. The number of benzene rings is 1. The van der Waals surface area contributed by atoms with Gasteiger partial charge in [0.25, 0.3) is 0 Å². The van der Waals surface area contributed by atoms with Crippen molar-refractivity contribution in [2.45, 2.75) is 19.5 Å². The number of aromatic nitrogens is 1. The zero-order chi connectivity index (χ0) is 14.5. The molecule has 1 aromatic carbocycles. The molecule has 1 heterocycles. The maximum atomic E-state index is 13.0. The molecule has 2 N–H and O–H groups in total. The van der Waals surface area contributed by atoms with Crippen LogP contribution in [-0.4, -0.2) is 17.2 Å². The van der Waals surface area contributed by atoms with E-state index in [2.05, 4.69) is 10.3 Å². The van der Waals surface area contributed by atoms with Gasteiger partial charge in [-0.3, -0.25) is 4.98 Å². The lowest BCUT2D eigenvalue weighted by Gasteiger charge is -2.16. The normalized spacial score (nSPS) is 12.2. The molecule has 0 fully saturated rings. The van der Waals surface area contributed by atoms with Crippen LogP contribution in [0.15, 0.2) is 36.7 Å². The number of methoxy groups -OCH3 is 1. The summed E-state index contributed by atoms with van der Waals surface area (Å²) in [5.41, 5.74) is 1.75. The molecule has 0 bridgehead atoms. The topological polar surface area (TPSA) is 54.4 Å². The number of hydrogen-bond donors (Lipinski definition) is 2. The van der Waals surface area contributed by atoms with Crippen LogP contribution in [0.2, 0.25) is 0 Å². The van der Waals surface area contributed by atoms with Crippen molar-refractivity contribution in [3.05, 3.63) is 53.6 Å². The second kappa shape index (κ2) is 6.34. The van der Waals surface area contributed by atoms with Crippen molar-refractivity contribution >= 4 is 0 Å². The molecule has 106 valence electrons. The predicted octanol–water partition coefficient (Wildman–Crippen LogP) is 2.79. The van der Waals surface area contributed by atoms with E-state index in [1.165, 1.54) is 12.1 Å². The number of ether oxygens (including phenoxy) is 1. The summed E-state index contributed by atoms with van der Waals surface area (Å²) in [7, 11) is 1.61. The summed E-state index contributed by atoms with van der Waals surface area (Å²) in [6.45, 7) is 2.51. The van der Waals surface area contributed by atoms with E-state index in [1.807, 2.05) is 6.92 Å². The molecule has 0 aliphatic heterocycles. The maximum Gasteiger partial charge on any atom is 0.164 e. The van der Waals surface area contributed by atoms with Crippen LogP contribution in [0, 0.1) is 5.82 Å². The summed E-state index contributed by atoms with van der Waals surface area (Å²) < 4.78 is 18.3. The summed E-state index contributed by atoms with van der Waals surface area (Å²) >= 11 is 0. The summed E-state index contributed by atoms with van der Waals surface area (Å²) in [6.07, 6.45) is 3.41. The highest BCUT2D eigenvalue weighted by Crippen LogP contribution is 2.22. The summed E-state index contributed by atoms with van der Waals surface area (Å²) in [4.78, 5) is 4.06. The van der Waals surface area contributed by atoms with Gasteiger partial charge in [-0.15, -0.1) is 0 Å². The molecule has 2 aromatic rings. The van der Waals surface area contributed by atoms with Gasteiger partial charge in [0.15, 0.2) is 11.6 Å². The van der Waals surface area contributed by atoms with Crippen LogP contribution in [0.25, 0.3) is 0 Å². The summed E-state index contributed by atoms with van der Waals surface area (Å²) in [5.74, 6) is -0.188. The van der Waals surface area contributed by atoms with Gasteiger partial charge in [-0.05, 0) is 30.7 Å². The molecule has 4 nitrogen and oxygen atoms in total. The van der Waals surface area contributed by atoms with Crippen LogP contribution in [0.4, 0.5) is 4.39 Å². The molecule has 1 atom stereocenters. The third kappa shape index (κ3) is 3.24. The van der Waals surface area contributed by atoms with E-state index in [-0.39, 0.29) is 11.8 Å². The highest BCUT2D eigenvalue weighted by molar-refractivity contribution is 5.32. The Bertz CT molecular complexity index is 590. The number of aromatic hydroxyl groups is 1. The molecule has 20 heavy (non-hydrogen) atoms. The largest absolute Gasteiger partial charge is 0.505 e. The van der Waals surface area contributed by atoms with Crippen molar-refractivity contribution in [1.29, 1.82) is 0 Å². The highest BCUT2D eigenvalue weighted by Gasteiger charge is 2.10. The summed E-state index contributed by atoms with van der Waals surface area (Å²) in [6, 6.07) is 6.09. The standard InChI is InChI=1S/C15H17FN2O2/c1-10(11-3-4-13(16)14(19)7-11)18-9-12-8-17-6-5-15(12)20-2/h3-8,10,18-19H,9H2,1-2H3. The van der Waals surface area contributed by atoms with E-state index in [0.717, 1.165) is 16.9 Å².